The van der Waals surface area contributed by atoms with Gasteiger partial charge in [-0.25, -0.2) is 0 Å². The van der Waals surface area contributed by atoms with Crippen LogP contribution >= 0.6 is 0 Å². The summed E-state index contributed by atoms with van der Waals surface area (Å²) in [5.74, 6) is -0.444. The van der Waals surface area contributed by atoms with Gasteiger partial charge in [-0.05, 0) is 43.5 Å². The summed E-state index contributed by atoms with van der Waals surface area (Å²) in [6, 6.07) is 8.58. The highest BCUT2D eigenvalue weighted by atomic mass is 16.3. The minimum Gasteiger partial charge on any atom is -0.493 e. The van der Waals surface area contributed by atoms with Crippen molar-refractivity contribution in [3.8, 4) is 11.9 Å². The Morgan fingerprint density at radius 2 is 1.83 bits per heavy atom. The maximum atomic E-state index is 13.0. The maximum Gasteiger partial charge on any atom is 0.281 e. The molecule has 0 aliphatic rings. The molecule has 158 valence electrons. The Morgan fingerprint density at radius 3 is 2.37 bits per heavy atom. The molecule has 0 aliphatic carbocycles. The number of nitriles is 1. The van der Waals surface area contributed by atoms with Crippen LogP contribution in [0.3, 0.4) is 0 Å². The standard InChI is InChI=1S/C22H27N5O3/c1-5-7-8-17-18(14-23)21(29)27(13-6-2)22(30)19(17)25-24-16-11-9-15(10-12-16)20(28)26(3)4/h9-12,29H,5-8,13H2,1-4H3. The normalized spacial score (nSPS) is 10.9. The lowest BCUT2D eigenvalue weighted by Crippen LogP contribution is -2.22. The molecule has 1 heterocycles. The van der Waals surface area contributed by atoms with Crippen molar-refractivity contribution in [2.75, 3.05) is 14.1 Å². The quantitative estimate of drug-likeness (QED) is 0.655. The van der Waals surface area contributed by atoms with E-state index in [9.17, 15) is 20.0 Å². The second-order valence-corrected chi connectivity index (χ2v) is 7.14. The molecule has 0 saturated carbocycles. The fraction of sp³-hybridized carbons (Fsp3) is 0.409. The summed E-state index contributed by atoms with van der Waals surface area (Å²) in [4.78, 5) is 26.4. The fourth-order valence-corrected chi connectivity index (χ4v) is 3.03. The van der Waals surface area contributed by atoms with E-state index in [4.69, 9.17) is 0 Å². The van der Waals surface area contributed by atoms with Gasteiger partial charge >= 0.3 is 0 Å². The van der Waals surface area contributed by atoms with E-state index in [0.717, 1.165) is 12.8 Å². The van der Waals surface area contributed by atoms with Gasteiger partial charge in [0.25, 0.3) is 11.5 Å². The van der Waals surface area contributed by atoms with Crippen molar-refractivity contribution in [3.63, 3.8) is 0 Å². The number of carbonyl (C=O) groups is 1. The third-order valence-corrected chi connectivity index (χ3v) is 4.64. The summed E-state index contributed by atoms with van der Waals surface area (Å²) in [6.45, 7) is 4.15. The van der Waals surface area contributed by atoms with Gasteiger partial charge in [0.15, 0.2) is 5.69 Å². The van der Waals surface area contributed by atoms with E-state index in [1.165, 1.54) is 9.47 Å². The molecule has 30 heavy (non-hydrogen) atoms. The van der Waals surface area contributed by atoms with Crippen molar-refractivity contribution in [2.24, 2.45) is 10.2 Å². The van der Waals surface area contributed by atoms with Crippen LogP contribution < -0.4 is 5.56 Å². The highest BCUT2D eigenvalue weighted by Crippen LogP contribution is 2.29. The van der Waals surface area contributed by atoms with Crippen LogP contribution in [0.5, 0.6) is 5.88 Å². The first-order valence-electron chi connectivity index (χ1n) is 9.97. The number of benzene rings is 1. The zero-order valence-electron chi connectivity index (χ0n) is 17.8. The molecule has 0 bridgehead atoms. The minimum absolute atomic E-state index is 0.0670. The second-order valence-electron chi connectivity index (χ2n) is 7.14. The van der Waals surface area contributed by atoms with E-state index in [1.807, 2.05) is 19.9 Å². The SMILES string of the molecule is CCCCc1c(C#N)c(O)n(CCC)c(=O)c1N=Nc1ccc(C(=O)N(C)C)cc1. The summed E-state index contributed by atoms with van der Waals surface area (Å²) in [5.41, 5.74) is 1.07. The Hall–Kier alpha value is -3.47. The average Bonchev–Trinajstić information content (AvgIpc) is 2.74. The molecule has 0 saturated heterocycles. The van der Waals surface area contributed by atoms with E-state index in [-0.39, 0.29) is 29.6 Å². The van der Waals surface area contributed by atoms with Crippen LogP contribution in [-0.4, -0.2) is 34.6 Å². The number of nitrogens with zero attached hydrogens (tertiary/aromatic N) is 5. The van der Waals surface area contributed by atoms with Gasteiger partial charge in [-0.3, -0.25) is 14.2 Å². The summed E-state index contributed by atoms with van der Waals surface area (Å²) >= 11 is 0. The third kappa shape index (κ3) is 4.92. The number of pyridine rings is 1. The van der Waals surface area contributed by atoms with Gasteiger partial charge in [0, 0.05) is 31.8 Å². The Morgan fingerprint density at radius 1 is 1.17 bits per heavy atom. The van der Waals surface area contributed by atoms with E-state index < -0.39 is 5.56 Å². The van der Waals surface area contributed by atoms with Gasteiger partial charge in [-0.15, -0.1) is 5.11 Å². The van der Waals surface area contributed by atoms with Crippen molar-refractivity contribution in [1.29, 1.82) is 5.26 Å². The molecule has 1 amide bonds. The van der Waals surface area contributed by atoms with Crippen LogP contribution in [0.4, 0.5) is 11.4 Å². The predicted molar refractivity (Wildman–Crippen MR) is 115 cm³/mol. The van der Waals surface area contributed by atoms with Crippen molar-refractivity contribution in [2.45, 2.75) is 46.1 Å². The maximum absolute atomic E-state index is 13.0. The molecule has 0 fully saturated rings. The topological polar surface area (TPSA) is 111 Å². The number of carbonyl (C=O) groups excluding carboxylic acids is 1. The zero-order valence-corrected chi connectivity index (χ0v) is 17.8. The molecule has 0 radical (unpaired) electrons. The molecule has 2 aromatic rings. The van der Waals surface area contributed by atoms with Crippen LogP contribution in [0.15, 0.2) is 39.3 Å². The van der Waals surface area contributed by atoms with Gasteiger partial charge in [-0.1, -0.05) is 20.3 Å². The largest absolute Gasteiger partial charge is 0.493 e. The van der Waals surface area contributed by atoms with E-state index >= 15 is 0 Å². The van der Waals surface area contributed by atoms with Crippen LogP contribution in [0.25, 0.3) is 0 Å². The molecule has 1 aromatic heterocycles. The molecule has 8 nitrogen and oxygen atoms in total. The first kappa shape index (κ1) is 22.8. The van der Waals surface area contributed by atoms with Crippen LogP contribution in [0.1, 0.15) is 54.6 Å². The summed E-state index contributed by atoms with van der Waals surface area (Å²) in [7, 11) is 3.35. The summed E-state index contributed by atoms with van der Waals surface area (Å²) in [5, 5.41) is 28.4. The van der Waals surface area contributed by atoms with Crippen LogP contribution in [-0.2, 0) is 13.0 Å². The molecule has 0 spiro atoms. The first-order valence-corrected chi connectivity index (χ1v) is 9.97. The number of aromatic hydroxyl groups is 1. The number of aromatic nitrogens is 1. The Kier molecular flexibility index (Phi) is 7.87. The van der Waals surface area contributed by atoms with Crippen molar-refractivity contribution >= 4 is 17.3 Å². The Labute approximate surface area is 176 Å². The van der Waals surface area contributed by atoms with Gasteiger partial charge in [0.1, 0.15) is 11.6 Å². The third-order valence-electron chi connectivity index (χ3n) is 4.64. The molecule has 0 atom stereocenters. The number of unbranched alkanes of at least 4 members (excludes halogenated alkanes) is 1. The molecule has 1 aromatic carbocycles. The predicted octanol–water partition coefficient (Wildman–Crippen LogP) is 4.30. The molecule has 0 unspecified atom stereocenters. The fourth-order valence-electron chi connectivity index (χ4n) is 3.03. The first-order chi connectivity index (χ1) is 14.3. The molecule has 8 heteroatoms. The molecule has 1 N–H and O–H groups in total. The van der Waals surface area contributed by atoms with E-state index in [1.54, 1.807) is 38.4 Å². The Balaban J connectivity index is 2.53. The van der Waals surface area contributed by atoms with Gasteiger partial charge < -0.3 is 10.0 Å². The lowest BCUT2D eigenvalue weighted by Gasteiger charge is -2.14. The number of hydrogen-bond donors (Lipinski definition) is 1. The number of amides is 1. The van der Waals surface area contributed by atoms with Gasteiger partial charge in [0.2, 0.25) is 5.88 Å². The van der Waals surface area contributed by atoms with E-state index in [0.29, 0.717) is 29.7 Å². The molecular weight excluding hydrogens is 382 g/mol. The van der Waals surface area contributed by atoms with Crippen LogP contribution in [0.2, 0.25) is 0 Å². The minimum atomic E-state index is -0.470. The zero-order chi connectivity index (χ0) is 22.3. The average molecular weight is 409 g/mol. The van der Waals surface area contributed by atoms with E-state index in [2.05, 4.69) is 10.2 Å². The molecule has 0 aliphatic heterocycles. The highest BCUT2D eigenvalue weighted by molar-refractivity contribution is 5.94. The number of hydrogen-bond acceptors (Lipinski definition) is 6. The molecular formula is C22H27N5O3. The van der Waals surface area contributed by atoms with Crippen molar-refractivity contribution in [3.05, 3.63) is 51.3 Å². The monoisotopic (exact) mass is 409 g/mol. The molecule has 2 rings (SSSR count). The highest BCUT2D eigenvalue weighted by Gasteiger charge is 2.21. The second kappa shape index (κ2) is 10.3. The lowest BCUT2D eigenvalue weighted by atomic mass is 10.0. The van der Waals surface area contributed by atoms with Gasteiger partial charge in [-0.2, -0.15) is 10.4 Å². The van der Waals surface area contributed by atoms with Gasteiger partial charge in [0.05, 0.1) is 5.69 Å². The lowest BCUT2D eigenvalue weighted by molar-refractivity contribution is 0.0827. The Bertz CT molecular complexity index is 1030. The summed E-state index contributed by atoms with van der Waals surface area (Å²) in [6.07, 6.45) is 2.67. The summed E-state index contributed by atoms with van der Waals surface area (Å²) < 4.78 is 1.17. The number of rotatable bonds is 8. The van der Waals surface area contributed by atoms with Crippen LogP contribution in [0, 0.1) is 11.3 Å². The van der Waals surface area contributed by atoms with Crippen molar-refractivity contribution in [1.82, 2.24) is 9.47 Å². The smallest absolute Gasteiger partial charge is 0.281 e. The van der Waals surface area contributed by atoms with Crippen molar-refractivity contribution < 1.29 is 9.90 Å². The number of azo groups is 1.